The lowest BCUT2D eigenvalue weighted by molar-refractivity contribution is 0.583. The summed E-state index contributed by atoms with van der Waals surface area (Å²) in [4.78, 5) is 3.79. The number of nitrogens with zero attached hydrogens (tertiary/aromatic N) is 3. The normalized spacial score (nSPS) is 11.6. The maximum atomic E-state index is 13.8. The van der Waals surface area contributed by atoms with E-state index >= 15 is 0 Å². The van der Waals surface area contributed by atoms with E-state index in [1.807, 2.05) is 0 Å². The molecule has 0 amide bonds. The minimum Gasteiger partial charge on any atom is -0.324 e. The quantitative estimate of drug-likeness (QED) is 0.870. The van der Waals surface area contributed by atoms with Crippen LogP contribution in [0.1, 0.15) is 6.92 Å². The Morgan fingerprint density at radius 1 is 1.40 bits per heavy atom. The first-order valence-corrected chi connectivity index (χ1v) is 7.65. The number of imidazole rings is 1. The molecule has 1 aromatic heterocycles. The molecule has 0 radical (unpaired) electrons. The van der Waals surface area contributed by atoms with Crippen molar-refractivity contribution < 1.29 is 12.8 Å². The zero-order chi connectivity index (χ0) is 14.9. The Bertz CT molecular complexity index is 730. The van der Waals surface area contributed by atoms with E-state index in [4.69, 9.17) is 11.6 Å². The zero-order valence-corrected chi connectivity index (χ0v) is 12.5. The Labute approximate surface area is 121 Å². The molecule has 2 aromatic rings. The van der Waals surface area contributed by atoms with Crippen LogP contribution in [-0.4, -0.2) is 24.5 Å². The van der Waals surface area contributed by atoms with Crippen molar-refractivity contribution in [1.82, 2.24) is 9.55 Å². The molecule has 0 aliphatic carbocycles. The number of hydrogen-bond donors (Lipinski definition) is 0. The van der Waals surface area contributed by atoms with Gasteiger partial charge in [-0.05, 0) is 19.1 Å². The van der Waals surface area contributed by atoms with E-state index in [0.29, 0.717) is 0 Å². The van der Waals surface area contributed by atoms with Crippen LogP contribution in [-0.2, 0) is 17.1 Å². The summed E-state index contributed by atoms with van der Waals surface area (Å²) >= 11 is 5.92. The van der Waals surface area contributed by atoms with Crippen LogP contribution in [0.4, 0.5) is 10.1 Å². The number of aromatic nitrogens is 2. The van der Waals surface area contributed by atoms with Gasteiger partial charge in [-0.3, -0.25) is 4.31 Å². The molecule has 0 aliphatic heterocycles. The first-order chi connectivity index (χ1) is 9.39. The Kier molecular flexibility index (Phi) is 4.01. The summed E-state index contributed by atoms with van der Waals surface area (Å²) in [6.07, 6.45) is 1.30. The molecule has 0 saturated heterocycles. The molecule has 0 saturated carbocycles. The standard InChI is InChI=1S/C12H13ClFN3O2S/c1-3-17(10-7-5-4-6-9(10)14)20(18,19)12-11(13)16(2)8-15-12/h4-8H,3H2,1-2H3. The average Bonchev–Trinajstić information content (AvgIpc) is 2.73. The first kappa shape index (κ1) is 14.8. The summed E-state index contributed by atoms with van der Waals surface area (Å²) in [6, 6.07) is 5.66. The van der Waals surface area contributed by atoms with Crippen LogP contribution in [0.5, 0.6) is 0 Å². The molecule has 0 N–H and O–H groups in total. The summed E-state index contributed by atoms with van der Waals surface area (Å²) < 4.78 is 41.2. The van der Waals surface area contributed by atoms with Gasteiger partial charge in [0.15, 0.2) is 0 Å². The van der Waals surface area contributed by atoms with Gasteiger partial charge in [0.25, 0.3) is 10.0 Å². The first-order valence-electron chi connectivity index (χ1n) is 5.83. The molecule has 0 bridgehead atoms. The predicted molar refractivity (Wildman–Crippen MR) is 74.8 cm³/mol. The van der Waals surface area contributed by atoms with Crippen molar-refractivity contribution in [3.63, 3.8) is 0 Å². The summed E-state index contributed by atoms with van der Waals surface area (Å²) in [7, 11) is -2.43. The topological polar surface area (TPSA) is 55.2 Å². The molecule has 20 heavy (non-hydrogen) atoms. The molecule has 0 atom stereocenters. The van der Waals surface area contributed by atoms with Crippen LogP contribution in [0.15, 0.2) is 35.6 Å². The number of benzene rings is 1. The molecule has 0 fully saturated rings. The van der Waals surface area contributed by atoms with Gasteiger partial charge in [-0.25, -0.2) is 9.37 Å². The van der Waals surface area contributed by atoms with Crippen LogP contribution in [0.3, 0.4) is 0 Å². The third kappa shape index (κ3) is 2.38. The van der Waals surface area contributed by atoms with E-state index in [9.17, 15) is 12.8 Å². The summed E-state index contributed by atoms with van der Waals surface area (Å²) in [6.45, 7) is 1.68. The summed E-state index contributed by atoms with van der Waals surface area (Å²) in [5.74, 6) is -0.620. The number of para-hydroxylation sites is 1. The van der Waals surface area contributed by atoms with Gasteiger partial charge >= 0.3 is 0 Å². The van der Waals surface area contributed by atoms with Crippen LogP contribution < -0.4 is 4.31 Å². The van der Waals surface area contributed by atoms with E-state index < -0.39 is 15.8 Å². The van der Waals surface area contributed by atoms with Crippen molar-refractivity contribution >= 4 is 27.3 Å². The van der Waals surface area contributed by atoms with Crippen molar-refractivity contribution in [3.05, 3.63) is 41.6 Å². The third-order valence-electron chi connectivity index (χ3n) is 2.78. The Morgan fingerprint density at radius 3 is 2.55 bits per heavy atom. The highest BCUT2D eigenvalue weighted by molar-refractivity contribution is 7.92. The minimum absolute atomic E-state index is 0.0141. The maximum Gasteiger partial charge on any atom is 0.285 e. The van der Waals surface area contributed by atoms with Gasteiger partial charge < -0.3 is 4.57 Å². The zero-order valence-electron chi connectivity index (χ0n) is 10.9. The van der Waals surface area contributed by atoms with Gasteiger partial charge in [0.1, 0.15) is 11.0 Å². The number of sulfonamides is 1. The van der Waals surface area contributed by atoms with Gasteiger partial charge in [0.05, 0.1) is 12.0 Å². The minimum atomic E-state index is -4.01. The van der Waals surface area contributed by atoms with Crippen molar-refractivity contribution in [3.8, 4) is 0 Å². The Balaban J connectivity index is 2.57. The number of hydrogen-bond acceptors (Lipinski definition) is 3. The Morgan fingerprint density at radius 2 is 2.05 bits per heavy atom. The lowest BCUT2D eigenvalue weighted by Gasteiger charge is -2.22. The van der Waals surface area contributed by atoms with Gasteiger partial charge in [0, 0.05) is 13.6 Å². The van der Waals surface area contributed by atoms with Crippen molar-refractivity contribution in [2.24, 2.45) is 7.05 Å². The number of halogens is 2. The van der Waals surface area contributed by atoms with Crippen molar-refractivity contribution in [2.45, 2.75) is 11.9 Å². The molecule has 5 nitrogen and oxygen atoms in total. The molecule has 108 valence electrons. The fraction of sp³-hybridized carbons (Fsp3) is 0.250. The van der Waals surface area contributed by atoms with Crippen molar-refractivity contribution in [1.29, 1.82) is 0 Å². The molecular formula is C12H13ClFN3O2S. The number of rotatable bonds is 4. The largest absolute Gasteiger partial charge is 0.324 e. The second-order valence-electron chi connectivity index (χ2n) is 4.07. The maximum absolute atomic E-state index is 13.8. The smallest absolute Gasteiger partial charge is 0.285 e. The third-order valence-corrected chi connectivity index (χ3v) is 5.16. The Hall–Kier alpha value is -1.60. The van der Waals surface area contributed by atoms with Gasteiger partial charge in [0.2, 0.25) is 5.03 Å². The number of anilines is 1. The van der Waals surface area contributed by atoms with Crippen molar-refractivity contribution in [2.75, 3.05) is 10.8 Å². The van der Waals surface area contributed by atoms with Crippen LogP contribution >= 0.6 is 11.6 Å². The molecule has 0 aliphatic rings. The van der Waals surface area contributed by atoms with Gasteiger partial charge in [-0.1, -0.05) is 23.7 Å². The molecule has 0 spiro atoms. The molecule has 1 aromatic carbocycles. The summed E-state index contributed by atoms with van der Waals surface area (Å²) in [5, 5.41) is -0.299. The van der Waals surface area contributed by atoms with E-state index in [-0.39, 0.29) is 22.4 Å². The highest BCUT2D eigenvalue weighted by atomic mass is 35.5. The van der Waals surface area contributed by atoms with Gasteiger partial charge in [-0.15, -0.1) is 0 Å². The van der Waals surface area contributed by atoms with E-state index in [2.05, 4.69) is 4.98 Å². The van der Waals surface area contributed by atoms with Crippen LogP contribution in [0.2, 0.25) is 5.15 Å². The number of aryl methyl sites for hydroxylation is 1. The predicted octanol–water partition coefficient (Wildman–Crippen LogP) is 2.43. The lowest BCUT2D eigenvalue weighted by atomic mass is 10.3. The van der Waals surface area contributed by atoms with E-state index in [0.717, 1.165) is 4.31 Å². The van der Waals surface area contributed by atoms with Gasteiger partial charge in [-0.2, -0.15) is 8.42 Å². The van der Waals surface area contributed by atoms with Crippen LogP contribution in [0.25, 0.3) is 0 Å². The molecule has 8 heteroatoms. The van der Waals surface area contributed by atoms with E-state index in [1.165, 1.54) is 29.1 Å². The lowest BCUT2D eigenvalue weighted by Crippen LogP contribution is -2.32. The average molecular weight is 318 g/mol. The fourth-order valence-corrected chi connectivity index (χ4v) is 3.67. The molecular weight excluding hydrogens is 305 g/mol. The summed E-state index contributed by atoms with van der Waals surface area (Å²) in [5.41, 5.74) is -0.0308. The second kappa shape index (κ2) is 5.41. The SMILES string of the molecule is CCN(c1ccccc1F)S(=O)(=O)c1ncn(C)c1Cl. The highest BCUT2D eigenvalue weighted by Crippen LogP contribution is 2.28. The second-order valence-corrected chi connectivity index (χ2v) is 6.21. The van der Waals surface area contributed by atoms with E-state index in [1.54, 1.807) is 20.0 Å². The van der Waals surface area contributed by atoms with Crippen LogP contribution in [0, 0.1) is 5.82 Å². The molecule has 2 rings (SSSR count). The fourth-order valence-electron chi connectivity index (χ4n) is 1.80. The monoisotopic (exact) mass is 317 g/mol. The molecule has 1 heterocycles. The highest BCUT2D eigenvalue weighted by Gasteiger charge is 2.30. The molecule has 0 unspecified atom stereocenters.